The normalized spacial score (nSPS) is 18.8. The van der Waals surface area contributed by atoms with Crippen LogP contribution in [-0.2, 0) is 4.74 Å². The molecule has 0 amide bonds. The molecule has 0 aliphatic carbocycles. The summed E-state index contributed by atoms with van der Waals surface area (Å²) in [5.41, 5.74) is 0.324. The van der Waals surface area contributed by atoms with Crippen molar-refractivity contribution >= 4 is 5.78 Å². The van der Waals surface area contributed by atoms with Crippen molar-refractivity contribution in [3.8, 4) is 34.5 Å². The molecule has 0 fully saturated rings. The first-order valence-corrected chi connectivity index (χ1v) is 7.66. The number of hydrogen-bond acceptors (Lipinski definition) is 8. The van der Waals surface area contributed by atoms with E-state index in [1.165, 1.54) is 39.5 Å². The summed E-state index contributed by atoms with van der Waals surface area (Å²) < 4.78 is 21.0. The van der Waals surface area contributed by atoms with E-state index in [4.69, 9.17) is 18.9 Å². The molecule has 2 aromatic carbocycles. The maximum atomic E-state index is 12.9. The Morgan fingerprint density at radius 3 is 2.31 bits per heavy atom. The molecule has 2 unspecified atom stereocenters. The van der Waals surface area contributed by atoms with Crippen LogP contribution >= 0.6 is 0 Å². The summed E-state index contributed by atoms with van der Waals surface area (Å²) in [6.45, 7) is 0. The van der Waals surface area contributed by atoms with Crippen LogP contribution in [0.1, 0.15) is 22.0 Å². The van der Waals surface area contributed by atoms with E-state index in [2.05, 4.69) is 0 Å². The number of ether oxygens (including phenoxy) is 4. The van der Waals surface area contributed by atoms with Crippen molar-refractivity contribution in [2.24, 2.45) is 0 Å². The highest BCUT2D eigenvalue weighted by molar-refractivity contribution is 6.06. The summed E-state index contributed by atoms with van der Waals surface area (Å²) in [4.78, 5) is 12.9. The monoisotopic (exact) mass is 362 g/mol. The number of carbonyl (C=O) groups excluding carboxylic acids is 1. The summed E-state index contributed by atoms with van der Waals surface area (Å²) >= 11 is 0. The fraction of sp³-hybridized carbons (Fsp3) is 0.278. The van der Waals surface area contributed by atoms with Gasteiger partial charge in [-0.05, 0) is 17.7 Å². The predicted molar refractivity (Wildman–Crippen MR) is 89.5 cm³/mol. The Balaban J connectivity index is 2.11. The second kappa shape index (κ2) is 6.64. The SMILES string of the molecule is COc1ccc(C2Oc3cc(O)c(OC)c(O)c3C(=O)C2OC)cc1O. The number of hydrogen-bond donors (Lipinski definition) is 3. The minimum Gasteiger partial charge on any atom is -0.504 e. The molecule has 1 heterocycles. The molecule has 1 aliphatic heterocycles. The quantitative estimate of drug-likeness (QED) is 0.758. The predicted octanol–water partition coefficient (Wildman–Crippen LogP) is 2.15. The van der Waals surface area contributed by atoms with E-state index in [1.807, 2.05) is 0 Å². The molecule has 0 radical (unpaired) electrons. The molecule has 3 N–H and O–H groups in total. The summed E-state index contributed by atoms with van der Waals surface area (Å²) in [6, 6.07) is 5.74. The highest BCUT2D eigenvalue weighted by Gasteiger charge is 2.42. The molecule has 1 aliphatic rings. The van der Waals surface area contributed by atoms with E-state index in [0.717, 1.165) is 0 Å². The van der Waals surface area contributed by atoms with Gasteiger partial charge in [0.15, 0.2) is 35.2 Å². The summed E-state index contributed by atoms with van der Waals surface area (Å²) in [7, 11) is 4.01. The Hall–Kier alpha value is -3.13. The molecule has 2 aromatic rings. The van der Waals surface area contributed by atoms with E-state index >= 15 is 0 Å². The third-order valence-electron chi connectivity index (χ3n) is 4.22. The second-order valence-corrected chi connectivity index (χ2v) is 5.64. The average molecular weight is 362 g/mol. The van der Waals surface area contributed by atoms with Gasteiger partial charge in [0.25, 0.3) is 0 Å². The molecule has 8 nitrogen and oxygen atoms in total. The van der Waals surface area contributed by atoms with Crippen molar-refractivity contribution in [3.63, 3.8) is 0 Å². The number of phenolic OH excluding ortho intramolecular Hbond substituents is 3. The van der Waals surface area contributed by atoms with E-state index < -0.39 is 23.7 Å². The van der Waals surface area contributed by atoms with Crippen LogP contribution in [0.15, 0.2) is 24.3 Å². The third kappa shape index (κ3) is 2.64. The molecule has 2 atom stereocenters. The first-order valence-electron chi connectivity index (χ1n) is 7.66. The van der Waals surface area contributed by atoms with E-state index in [9.17, 15) is 20.1 Å². The van der Waals surface area contributed by atoms with Gasteiger partial charge in [-0.1, -0.05) is 6.07 Å². The lowest BCUT2D eigenvalue weighted by Crippen LogP contribution is -2.37. The second-order valence-electron chi connectivity index (χ2n) is 5.64. The van der Waals surface area contributed by atoms with Crippen molar-refractivity contribution in [3.05, 3.63) is 35.4 Å². The zero-order valence-electron chi connectivity index (χ0n) is 14.3. The third-order valence-corrected chi connectivity index (χ3v) is 4.22. The maximum absolute atomic E-state index is 12.9. The van der Waals surface area contributed by atoms with E-state index in [1.54, 1.807) is 6.07 Å². The van der Waals surface area contributed by atoms with Gasteiger partial charge in [-0.3, -0.25) is 4.79 Å². The van der Waals surface area contributed by atoms with Crippen LogP contribution in [0.2, 0.25) is 0 Å². The number of aromatic hydroxyl groups is 3. The van der Waals surface area contributed by atoms with Crippen molar-refractivity contribution < 1.29 is 39.1 Å². The van der Waals surface area contributed by atoms with Gasteiger partial charge in [-0.2, -0.15) is 0 Å². The standard InChI is InChI=1S/C18H18O8/c1-23-11-5-4-8(6-9(11)19)16-18(25-3)15(22)13-12(26-16)7-10(20)17(24-2)14(13)21/h4-7,16,18-21H,1-3H3. The zero-order valence-corrected chi connectivity index (χ0v) is 14.3. The summed E-state index contributed by atoms with van der Waals surface area (Å²) in [5, 5.41) is 30.2. The topological polar surface area (TPSA) is 115 Å². The lowest BCUT2D eigenvalue weighted by Gasteiger charge is -2.32. The van der Waals surface area contributed by atoms with Gasteiger partial charge in [0.1, 0.15) is 11.3 Å². The number of methoxy groups -OCH3 is 3. The number of ketones is 1. The molecular formula is C18H18O8. The van der Waals surface area contributed by atoms with Gasteiger partial charge in [0.2, 0.25) is 11.5 Å². The fourth-order valence-electron chi connectivity index (χ4n) is 2.98. The molecule has 0 spiro atoms. The lowest BCUT2D eigenvalue weighted by molar-refractivity contribution is -0.00126. The Morgan fingerprint density at radius 2 is 1.73 bits per heavy atom. The Kier molecular flexibility index (Phi) is 4.52. The van der Waals surface area contributed by atoms with Gasteiger partial charge in [0.05, 0.1) is 14.2 Å². The smallest absolute Gasteiger partial charge is 0.203 e. The van der Waals surface area contributed by atoms with Crippen molar-refractivity contribution in [1.82, 2.24) is 0 Å². The van der Waals surface area contributed by atoms with Gasteiger partial charge in [-0.15, -0.1) is 0 Å². The van der Waals surface area contributed by atoms with Crippen LogP contribution in [0.5, 0.6) is 34.5 Å². The Labute approximate surface area is 149 Å². The first-order chi connectivity index (χ1) is 12.4. The minimum absolute atomic E-state index is 0.0144. The highest BCUT2D eigenvalue weighted by Crippen LogP contribution is 2.49. The Morgan fingerprint density at radius 1 is 1.00 bits per heavy atom. The van der Waals surface area contributed by atoms with Crippen LogP contribution in [0.3, 0.4) is 0 Å². The maximum Gasteiger partial charge on any atom is 0.203 e. The molecule has 0 aromatic heterocycles. The molecule has 3 rings (SSSR count). The van der Waals surface area contributed by atoms with Crippen molar-refractivity contribution in [2.75, 3.05) is 21.3 Å². The van der Waals surface area contributed by atoms with Crippen LogP contribution in [0.4, 0.5) is 0 Å². The van der Waals surface area contributed by atoms with E-state index in [-0.39, 0.29) is 34.3 Å². The Bertz CT molecular complexity index is 861. The number of Topliss-reactive ketones (excluding diaryl/α,β-unsaturated/α-hetero) is 1. The van der Waals surface area contributed by atoms with Crippen LogP contribution in [0, 0.1) is 0 Å². The number of fused-ring (bicyclic) bond motifs is 1. The van der Waals surface area contributed by atoms with Crippen molar-refractivity contribution in [2.45, 2.75) is 12.2 Å². The molecular weight excluding hydrogens is 344 g/mol. The molecule has 0 bridgehead atoms. The molecule has 26 heavy (non-hydrogen) atoms. The number of phenols is 3. The van der Waals surface area contributed by atoms with Crippen molar-refractivity contribution in [1.29, 1.82) is 0 Å². The minimum atomic E-state index is -1.07. The van der Waals surface area contributed by atoms with Crippen LogP contribution in [-0.4, -0.2) is 48.5 Å². The van der Waals surface area contributed by atoms with Gasteiger partial charge >= 0.3 is 0 Å². The molecule has 138 valence electrons. The van der Waals surface area contributed by atoms with Gasteiger partial charge in [0, 0.05) is 13.2 Å². The van der Waals surface area contributed by atoms with Gasteiger partial charge in [-0.25, -0.2) is 0 Å². The van der Waals surface area contributed by atoms with Gasteiger partial charge < -0.3 is 34.3 Å². The number of benzene rings is 2. The zero-order chi connectivity index (χ0) is 19.0. The summed E-state index contributed by atoms with van der Waals surface area (Å²) in [5.74, 6) is -1.53. The number of rotatable bonds is 4. The number of carbonyl (C=O) groups is 1. The molecule has 0 saturated heterocycles. The van der Waals surface area contributed by atoms with E-state index in [0.29, 0.717) is 5.56 Å². The molecule has 8 heteroatoms. The lowest BCUT2D eigenvalue weighted by atomic mass is 9.92. The average Bonchev–Trinajstić information content (AvgIpc) is 2.61. The first kappa shape index (κ1) is 17.7. The molecule has 0 saturated carbocycles. The van der Waals surface area contributed by atoms with Crippen LogP contribution in [0.25, 0.3) is 0 Å². The highest BCUT2D eigenvalue weighted by atomic mass is 16.5. The fourth-order valence-corrected chi connectivity index (χ4v) is 2.98. The summed E-state index contributed by atoms with van der Waals surface area (Å²) in [6.07, 6.45) is -1.97. The largest absolute Gasteiger partial charge is 0.504 e. The van der Waals surface area contributed by atoms with Crippen LogP contribution < -0.4 is 14.2 Å².